The molecule has 0 N–H and O–H groups in total. The van der Waals surface area contributed by atoms with Crippen molar-refractivity contribution in [2.24, 2.45) is 0 Å². The van der Waals surface area contributed by atoms with Crippen LogP contribution in [0.25, 0.3) is 0 Å². The van der Waals surface area contributed by atoms with E-state index in [9.17, 15) is 0 Å². The number of hydrogen-bond donors (Lipinski definition) is 0. The zero-order valence-corrected chi connectivity index (χ0v) is 12.5. The van der Waals surface area contributed by atoms with Gasteiger partial charge in [-0.1, -0.05) is 5.16 Å². The zero-order chi connectivity index (χ0) is 14.7. The minimum Gasteiger partial charge on any atom is -0.340 e. The quantitative estimate of drug-likeness (QED) is 0.751. The standard InChI is InChI=1S/C13H21N7O/c1-11-16-13(17-21-11)8-18(2)12-3-4-19(7-12)5-6-20-10-14-9-15-20/h9-10,12H,3-8H2,1-2H3/t12-/m0/s1. The first kappa shape index (κ1) is 14.2. The fourth-order valence-corrected chi connectivity index (χ4v) is 2.72. The van der Waals surface area contributed by atoms with Gasteiger partial charge in [0.15, 0.2) is 5.82 Å². The molecule has 1 atom stereocenters. The summed E-state index contributed by atoms with van der Waals surface area (Å²) >= 11 is 0. The maximum absolute atomic E-state index is 5.02. The highest BCUT2D eigenvalue weighted by Gasteiger charge is 2.26. The van der Waals surface area contributed by atoms with E-state index < -0.39 is 0 Å². The Balaban J connectivity index is 1.45. The van der Waals surface area contributed by atoms with Gasteiger partial charge in [0.05, 0.1) is 13.1 Å². The SMILES string of the molecule is Cc1nc(CN(C)[C@H]2CCN(CCn3cncn3)C2)no1. The van der Waals surface area contributed by atoms with Crippen molar-refractivity contribution in [1.29, 1.82) is 0 Å². The third-order valence-corrected chi connectivity index (χ3v) is 3.94. The van der Waals surface area contributed by atoms with Gasteiger partial charge in [-0.25, -0.2) is 4.98 Å². The lowest BCUT2D eigenvalue weighted by Gasteiger charge is -2.23. The lowest BCUT2D eigenvalue weighted by atomic mass is 10.2. The van der Waals surface area contributed by atoms with Crippen LogP contribution < -0.4 is 0 Å². The molecule has 0 bridgehead atoms. The van der Waals surface area contributed by atoms with Gasteiger partial charge < -0.3 is 4.52 Å². The lowest BCUT2D eigenvalue weighted by Crippen LogP contribution is -2.35. The van der Waals surface area contributed by atoms with E-state index in [4.69, 9.17) is 4.52 Å². The number of rotatable bonds is 6. The monoisotopic (exact) mass is 291 g/mol. The van der Waals surface area contributed by atoms with E-state index in [1.807, 2.05) is 11.6 Å². The summed E-state index contributed by atoms with van der Waals surface area (Å²) in [5, 5.41) is 8.09. The topological polar surface area (TPSA) is 76.1 Å². The van der Waals surface area contributed by atoms with E-state index in [0.29, 0.717) is 11.9 Å². The maximum atomic E-state index is 5.02. The molecule has 1 saturated heterocycles. The minimum atomic E-state index is 0.541. The van der Waals surface area contributed by atoms with Crippen molar-refractivity contribution < 1.29 is 4.52 Å². The van der Waals surface area contributed by atoms with Crippen LogP contribution in [-0.4, -0.2) is 67.4 Å². The van der Waals surface area contributed by atoms with Crippen LogP contribution >= 0.6 is 0 Å². The molecule has 0 aromatic carbocycles. The summed E-state index contributed by atoms with van der Waals surface area (Å²) in [4.78, 5) is 13.0. The molecule has 1 fully saturated rings. The molecule has 2 aromatic rings. The first-order valence-electron chi connectivity index (χ1n) is 7.25. The third-order valence-electron chi connectivity index (χ3n) is 3.94. The van der Waals surface area contributed by atoms with Crippen LogP contribution in [0.15, 0.2) is 17.2 Å². The Morgan fingerprint density at radius 3 is 3.05 bits per heavy atom. The molecule has 0 spiro atoms. The molecular weight excluding hydrogens is 270 g/mol. The van der Waals surface area contributed by atoms with Crippen LogP contribution in [0.3, 0.4) is 0 Å². The summed E-state index contributed by atoms with van der Waals surface area (Å²) in [7, 11) is 2.12. The molecule has 21 heavy (non-hydrogen) atoms. The van der Waals surface area contributed by atoms with Crippen molar-refractivity contribution in [3.63, 3.8) is 0 Å². The number of aryl methyl sites for hydroxylation is 1. The second-order valence-corrected chi connectivity index (χ2v) is 5.55. The number of aromatic nitrogens is 5. The molecule has 2 aromatic heterocycles. The molecule has 0 unspecified atom stereocenters. The van der Waals surface area contributed by atoms with E-state index in [1.165, 1.54) is 6.42 Å². The van der Waals surface area contributed by atoms with Gasteiger partial charge in [0.2, 0.25) is 5.89 Å². The smallest absolute Gasteiger partial charge is 0.223 e. The number of likely N-dealkylation sites (N-methyl/N-ethyl adjacent to an activating group) is 1. The van der Waals surface area contributed by atoms with Crippen molar-refractivity contribution in [3.05, 3.63) is 24.4 Å². The van der Waals surface area contributed by atoms with E-state index in [1.54, 1.807) is 12.7 Å². The highest BCUT2D eigenvalue weighted by Crippen LogP contribution is 2.15. The Morgan fingerprint density at radius 2 is 2.33 bits per heavy atom. The van der Waals surface area contributed by atoms with Crippen molar-refractivity contribution in [2.75, 3.05) is 26.7 Å². The summed E-state index contributed by atoms with van der Waals surface area (Å²) in [6.07, 6.45) is 4.51. The van der Waals surface area contributed by atoms with Crippen molar-refractivity contribution in [1.82, 2.24) is 34.7 Å². The van der Waals surface area contributed by atoms with Gasteiger partial charge in [-0.15, -0.1) is 0 Å². The average Bonchev–Trinajstić information content (AvgIpc) is 3.17. The van der Waals surface area contributed by atoms with Gasteiger partial charge >= 0.3 is 0 Å². The van der Waals surface area contributed by atoms with Crippen LogP contribution in [0.4, 0.5) is 0 Å². The molecule has 8 nitrogen and oxygen atoms in total. The Kier molecular flexibility index (Phi) is 4.26. The second-order valence-electron chi connectivity index (χ2n) is 5.55. The molecule has 0 saturated carbocycles. The zero-order valence-electron chi connectivity index (χ0n) is 12.5. The minimum absolute atomic E-state index is 0.541. The molecule has 8 heteroatoms. The van der Waals surface area contributed by atoms with Gasteiger partial charge in [-0.3, -0.25) is 14.5 Å². The van der Waals surface area contributed by atoms with Crippen LogP contribution in [0.1, 0.15) is 18.1 Å². The lowest BCUT2D eigenvalue weighted by molar-refractivity contribution is 0.215. The summed E-state index contributed by atoms with van der Waals surface area (Å²) in [6.45, 7) is 6.64. The van der Waals surface area contributed by atoms with E-state index in [0.717, 1.165) is 38.5 Å². The number of hydrogen-bond acceptors (Lipinski definition) is 7. The number of likely N-dealkylation sites (tertiary alicyclic amines) is 1. The van der Waals surface area contributed by atoms with Crippen molar-refractivity contribution in [3.8, 4) is 0 Å². The Morgan fingerprint density at radius 1 is 1.43 bits per heavy atom. The predicted molar refractivity (Wildman–Crippen MR) is 75.4 cm³/mol. The first-order valence-corrected chi connectivity index (χ1v) is 7.25. The molecular formula is C13H21N7O. The number of nitrogens with zero attached hydrogens (tertiary/aromatic N) is 7. The van der Waals surface area contributed by atoms with Crippen molar-refractivity contribution >= 4 is 0 Å². The van der Waals surface area contributed by atoms with Gasteiger partial charge in [0.1, 0.15) is 12.7 Å². The van der Waals surface area contributed by atoms with Crippen molar-refractivity contribution in [2.45, 2.75) is 32.5 Å². The highest BCUT2D eigenvalue weighted by atomic mass is 16.5. The molecule has 114 valence electrons. The molecule has 3 heterocycles. The van der Waals surface area contributed by atoms with E-state index >= 15 is 0 Å². The van der Waals surface area contributed by atoms with Crippen LogP contribution in [0, 0.1) is 6.92 Å². The largest absolute Gasteiger partial charge is 0.340 e. The fraction of sp³-hybridized carbons (Fsp3) is 0.692. The Hall–Kier alpha value is -1.80. The van der Waals surface area contributed by atoms with E-state index in [2.05, 4.69) is 37.1 Å². The van der Waals surface area contributed by atoms with Crippen LogP contribution in [0.5, 0.6) is 0 Å². The summed E-state index contributed by atoms with van der Waals surface area (Å²) in [5.41, 5.74) is 0. The molecule has 0 aliphatic carbocycles. The average molecular weight is 291 g/mol. The maximum Gasteiger partial charge on any atom is 0.223 e. The first-order chi connectivity index (χ1) is 10.2. The molecule has 0 amide bonds. The summed E-state index contributed by atoms with van der Waals surface area (Å²) in [6, 6.07) is 0.541. The fourth-order valence-electron chi connectivity index (χ4n) is 2.72. The van der Waals surface area contributed by atoms with Crippen LogP contribution in [0.2, 0.25) is 0 Å². The third kappa shape index (κ3) is 3.64. The van der Waals surface area contributed by atoms with Gasteiger partial charge in [-0.05, 0) is 20.0 Å². The molecule has 3 rings (SSSR count). The van der Waals surface area contributed by atoms with Gasteiger partial charge in [-0.2, -0.15) is 10.1 Å². The highest BCUT2D eigenvalue weighted by molar-refractivity contribution is 4.88. The summed E-state index contributed by atoms with van der Waals surface area (Å²) in [5.74, 6) is 1.38. The molecule has 1 aliphatic rings. The Bertz CT molecular complexity index is 553. The second kappa shape index (κ2) is 6.31. The normalized spacial score (nSPS) is 19.7. The van der Waals surface area contributed by atoms with Gasteiger partial charge in [0.25, 0.3) is 0 Å². The van der Waals surface area contributed by atoms with Crippen LogP contribution in [-0.2, 0) is 13.1 Å². The van der Waals surface area contributed by atoms with Gasteiger partial charge in [0, 0.05) is 26.1 Å². The summed E-state index contributed by atoms with van der Waals surface area (Å²) < 4.78 is 6.89. The molecule has 0 radical (unpaired) electrons. The van der Waals surface area contributed by atoms with E-state index in [-0.39, 0.29) is 0 Å². The Labute approximate surface area is 123 Å². The molecule has 1 aliphatic heterocycles. The predicted octanol–water partition coefficient (Wildman–Crippen LogP) is 0.176.